The van der Waals surface area contributed by atoms with Gasteiger partial charge in [0.2, 0.25) is 0 Å². The van der Waals surface area contributed by atoms with Crippen LogP contribution in [0, 0.1) is 6.92 Å². The molecule has 2 unspecified atom stereocenters. The Kier molecular flexibility index (Phi) is 5.93. The van der Waals surface area contributed by atoms with Gasteiger partial charge in [-0.3, -0.25) is 0 Å². The lowest BCUT2D eigenvalue weighted by molar-refractivity contribution is 0.564. The molecule has 1 N–H and O–H groups in total. The first kappa shape index (κ1) is 13.6. The zero-order valence-corrected chi connectivity index (χ0v) is 11.6. The van der Waals surface area contributed by atoms with Crippen LogP contribution in [0.2, 0.25) is 0 Å². The van der Waals surface area contributed by atoms with Crippen LogP contribution >= 0.6 is 11.8 Å². The van der Waals surface area contributed by atoms with Crippen molar-refractivity contribution in [1.82, 2.24) is 5.32 Å². The van der Waals surface area contributed by atoms with E-state index in [1.54, 1.807) is 0 Å². The highest BCUT2D eigenvalue weighted by Crippen LogP contribution is 2.21. The van der Waals surface area contributed by atoms with Crippen molar-refractivity contribution in [2.75, 3.05) is 7.05 Å². The lowest BCUT2D eigenvalue weighted by Crippen LogP contribution is -2.24. The molecule has 0 bridgehead atoms. The molecule has 0 saturated heterocycles. The van der Waals surface area contributed by atoms with Crippen LogP contribution < -0.4 is 5.32 Å². The Morgan fingerprint density at radius 1 is 1.31 bits per heavy atom. The normalized spacial score (nSPS) is 14.8. The second-order valence-electron chi connectivity index (χ2n) is 4.54. The molecule has 0 aliphatic rings. The Balaban J connectivity index is 2.34. The van der Waals surface area contributed by atoms with Crippen LogP contribution in [-0.2, 0) is 5.75 Å². The van der Waals surface area contributed by atoms with Crippen LogP contribution in [0.1, 0.15) is 31.4 Å². The van der Waals surface area contributed by atoms with Crippen molar-refractivity contribution in [3.8, 4) is 0 Å². The zero-order valence-electron chi connectivity index (χ0n) is 10.8. The van der Waals surface area contributed by atoms with Gasteiger partial charge in [-0.1, -0.05) is 36.8 Å². The zero-order chi connectivity index (χ0) is 12.0. The molecule has 1 aromatic carbocycles. The minimum Gasteiger partial charge on any atom is -0.317 e. The van der Waals surface area contributed by atoms with Crippen molar-refractivity contribution in [2.24, 2.45) is 0 Å². The molecule has 0 radical (unpaired) electrons. The van der Waals surface area contributed by atoms with E-state index in [-0.39, 0.29) is 0 Å². The van der Waals surface area contributed by atoms with Crippen molar-refractivity contribution < 1.29 is 0 Å². The maximum absolute atomic E-state index is 3.29. The third-order valence-electron chi connectivity index (χ3n) is 2.80. The first-order valence-corrected chi connectivity index (χ1v) is 7.01. The average molecular weight is 237 g/mol. The van der Waals surface area contributed by atoms with Crippen LogP contribution in [0.25, 0.3) is 0 Å². The number of nitrogens with one attached hydrogen (secondary N) is 1. The molecule has 0 heterocycles. The molecular formula is C14H23NS. The second-order valence-corrected chi connectivity index (χ2v) is 5.96. The molecule has 16 heavy (non-hydrogen) atoms. The van der Waals surface area contributed by atoms with Gasteiger partial charge in [-0.25, -0.2) is 0 Å². The number of benzene rings is 1. The lowest BCUT2D eigenvalue weighted by Gasteiger charge is -2.16. The Morgan fingerprint density at radius 3 is 2.69 bits per heavy atom. The van der Waals surface area contributed by atoms with Crippen LogP contribution in [0.15, 0.2) is 24.3 Å². The van der Waals surface area contributed by atoms with E-state index in [9.17, 15) is 0 Å². The number of thioether (sulfide) groups is 1. The SMILES string of the molecule is CNC(C)CC(C)SCc1cccc(C)c1. The highest BCUT2D eigenvalue weighted by molar-refractivity contribution is 7.99. The molecule has 0 aromatic heterocycles. The second kappa shape index (κ2) is 6.97. The van der Waals surface area contributed by atoms with Crippen LogP contribution in [0.3, 0.4) is 0 Å². The Labute approximate surface area is 104 Å². The van der Waals surface area contributed by atoms with Crippen molar-refractivity contribution in [3.05, 3.63) is 35.4 Å². The molecular weight excluding hydrogens is 214 g/mol. The maximum atomic E-state index is 3.29. The summed E-state index contributed by atoms with van der Waals surface area (Å²) in [6.45, 7) is 6.71. The summed E-state index contributed by atoms with van der Waals surface area (Å²) in [5.41, 5.74) is 2.79. The molecule has 0 saturated carbocycles. The van der Waals surface area contributed by atoms with Gasteiger partial charge in [0.25, 0.3) is 0 Å². The number of aryl methyl sites for hydroxylation is 1. The van der Waals surface area contributed by atoms with Crippen LogP contribution in [-0.4, -0.2) is 18.3 Å². The molecule has 2 heteroatoms. The van der Waals surface area contributed by atoms with E-state index in [4.69, 9.17) is 0 Å². The minimum absolute atomic E-state index is 0.611. The van der Waals surface area contributed by atoms with Gasteiger partial charge in [0, 0.05) is 17.0 Å². The number of hydrogen-bond donors (Lipinski definition) is 1. The van der Waals surface area contributed by atoms with Crippen LogP contribution in [0.5, 0.6) is 0 Å². The summed E-state index contributed by atoms with van der Waals surface area (Å²) < 4.78 is 0. The van der Waals surface area contributed by atoms with Gasteiger partial charge in [0.05, 0.1) is 0 Å². The predicted octanol–water partition coefficient (Wildman–Crippen LogP) is 3.61. The van der Waals surface area contributed by atoms with Crippen molar-refractivity contribution in [2.45, 2.75) is 44.2 Å². The van der Waals surface area contributed by atoms with E-state index in [1.807, 2.05) is 18.8 Å². The molecule has 0 amide bonds. The third-order valence-corrected chi connectivity index (χ3v) is 4.06. The fourth-order valence-corrected chi connectivity index (χ4v) is 2.81. The summed E-state index contributed by atoms with van der Waals surface area (Å²) in [4.78, 5) is 0. The van der Waals surface area contributed by atoms with Gasteiger partial charge < -0.3 is 5.32 Å². The van der Waals surface area contributed by atoms with E-state index in [0.717, 1.165) is 5.75 Å². The van der Waals surface area contributed by atoms with E-state index >= 15 is 0 Å². The van der Waals surface area contributed by atoms with Gasteiger partial charge in [0.15, 0.2) is 0 Å². The van der Waals surface area contributed by atoms with Crippen LogP contribution in [0.4, 0.5) is 0 Å². The van der Waals surface area contributed by atoms with Gasteiger partial charge in [-0.15, -0.1) is 0 Å². The van der Waals surface area contributed by atoms with Gasteiger partial charge in [0.1, 0.15) is 0 Å². The molecule has 1 rings (SSSR count). The summed E-state index contributed by atoms with van der Waals surface area (Å²) >= 11 is 2.04. The van der Waals surface area contributed by atoms with Gasteiger partial charge >= 0.3 is 0 Å². The fourth-order valence-electron chi connectivity index (χ4n) is 1.72. The highest BCUT2D eigenvalue weighted by Gasteiger charge is 2.07. The molecule has 1 nitrogen and oxygen atoms in total. The smallest absolute Gasteiger partial charge is 0.0187 e. The van der Waals surface area contributed by atoms with Crippen molar-refractivity contribution >= 4 is 11.8 Å². The van der Waals surface area contributed by atoms with Crippen molar-refractivity contribution in [3.63, 3.8) is 0 Å². The fraction of sp³-hybridized carbons (Fsp3) is 0.571. The lowest BCUT2D eigenvalue weighted by atomic mass is 10.2. The first-order chi connectivity index (χ1) is 7.61. The molecule has 0 spiro atoms. The quantitative estimate of drug-likeness (QED) is 0.811. The monoisotopic (exact) mass is 237 g/mol. The molecule has 2 atom stereocenters. The van der Waals surface area contributed by atoms with E-state index in [0.29, 0.717) is 11.3 Å². The summed E-state index contributed by atoms with van der Waals surface area (Å²) in [6, 6.07) is 9.40. The van der Waals surface area contributed by atoms with Gasteiger partial charge in [-0.2, -0.15) is 11.8 Å². The molecule has 90 valence electrons. The Hall–Kier alpha value is -0.470. The summed E-state index contributed by atoms with van der Waals surface area (Å²) in [7, 11) is 2.03. The van der Waals surface area contributed by atoms with Gasteiger partial charge in [-0.05, 0) is 32.9 Å². The van der Waals surface area contributed by atoms with E-state index < -0.39 is 0 Å². The molecule has 1 aromatic rings. The number of rotatable bonds is 6. The molecule has 0 fully saturated rings. The predicted molar refractivity (Wildman–Crippen MR) is 75.1 cm³/mol. The maximum Gasteiger partial charge on any atom is 0.0187 e. The standard InChI is InChI=1S/C14H23NS/c1-11-6-5-7-14(8-11)10-16-13(3)9-12(2)15-4/h5-8,12-13,15H,9-10H2,1-4H3. The largest absolute Gasteiger partial charge is 0.317 e. The highest BCUT2D eigenvalue weighted by atomic mass is 32.2. The van der Waals surface area contributed by atoms with E-state index in [2.05, 4.69) is 50.4 Å². The number of hydrogen-bond acceptors (Lipinski definition) is 2. The summed E-state index contributed by atoms with van der Waals surface area (Å²) in [5.74, 6) is 1.12. The average Bonchev–Trinajstić information content (AvgIpc) is 2.26. The first-order valence-electron chi connectivity index (χ1n) is 5.96. The summed E-state index contributed by atoms with van der Waals surface area (Å²) in [6.07, 6.45) is 1.23. The topological polar surface area (TPSA) is 12.0 Å². The third kappa shape index (κ3) is 5.04. The molecule has 0 aliphatic carbocycles. The molecule has 0 aliphatic heterocycles. The minimum atomic E-state index is 0.611. The Morgan fingerprint density at radius 2 is 2.06 bits per heavy atom. The van der Waals surface area contributed by atoms with E-state index in [1.165, 1.54) is 17.5 Å². The Bertz CT molecular complexity index is 311. The summed E-state index contributed by atoms with van der Waals surface area (Å²) in [5, 5.41) is 4.00. The van der Waals surface area contributed by atoms with Crippen molar-refractivity contribution in [1.29, 1.82) is 0 Å².